The third-order valence-electron chi connectivity index (χ3n) is 4.16. The maximum Gasteiger partial charge on any atom is 0.240 e. The van der Waals surface area contributed by atoms with Crippen LogP contribution in [0.5, 0.6) is 0 Å². The van der Waals surface area contributed by atoms with E-state index < -0.39 is 6.04 Å². The van der Waals surface area contributed by atoms with Crippen LogP contribution in [-0.4, -0.2) is 23.9 Å². The van der Waals surface area contributed by atoms with Gasteiger partial charge in [-0.05, 0) is 16.5 Å². The van der Waals surface area contributed by atoms with E-state index in [1.54, 1.807) is 4.90 Å². The summed E-state index contributed by atoms with van der Waals surface area (Å²) >= 11 is 0. The van der Waals surface area contributed by atoms with E-state index in [4.69, 9.17) is 5.73 Å². The van der Waals surface area contributed by atoms with Gasteiger partial charge >= 0.3 is 0 Å². The lowest BCUT2D eigenvalue weighted by Gasteiger charge is -2.35. The number of hydrogen-bond acceptors (Lipinski definition) is 2. The Labute approximate surface area is 139 Å². The summed E-state index contributed by atoms with van der Waals surface area (Å²) in [4.78, 5) is 14.6. The number of benzene rings is 2. The highest BCUT2D eigenvalue weighted by Crippen LogP contribution is 2.29. The highest BCUT2D eigenvalue weighted by Gasteiger charge is 2.33. The van der Waals surface area contributed by atoms with Crippen molar-refractivity contribution in [3.8, 4) is 0 Å². The number of likely N-dealkylation sites (N-methyl/N-ethyl adjacent to an activating group) is 1. The number of carbonyl (C=O) groups excluding carboxylic acids is 1. The minimum absolute atomic E-state index is 0.0461. The zero-order valence-corrected chi connectivity index (χ0v) is 14.4. The molecule has 3 heteroatoms. The van der Waals surface area contributed by atoms with Crippen molar-refractivity contribution in [3.63, 3.8) is 0 Å². The summed E-state index contributed by atoms with van der Waals surface area (Å²) in [6, 6.07) is 19.4. The smallest absolute Gasteiger partial charge is 0.240 e. The summed E-state index contributed by atoms with van der Waals surface area (Å²) in [6.07, 6.45) is 0. The molecule has 1 atom stereocenters. The summed E-state index contributed by atoms with van der Waals surface area (Å²) in [5.41, 5.74) is 8.08. The lowest BCUT2D eigenvalue weighted by atomic mass is 9.86. The Hall–Kier alpha value is -2.13. The van der Waals surface area contributed by atoms with Crippen molar-refractivity contribution in [2.24, 2.45) is 11.1 Å². The van der Waals surface area contributed by atoms with Gasteiger partial charge < -0.3 is 10.6 Å². The van der Waals surface area contributed by atoms with Crippen LogP contribution in [0.15, 0.2) is 60.7 Å². The molecule has 0 saturated heterocycles. The zero-order valence-electron chi connectivity index (χ0n) is 14.4. The highest BCUT2D eigenvalue weighted by molar-refractivity contribution is 5.83. The van der Waals surface area contributed by atoms with Gasteiger partial charge in [-0.1, -0.05) is 81.4 Å². The fourth-order valence-electron chi connectivity index (χ4n) is 2.63. The SMILES string of the molecule is CN(C(=O)C(N)C(C)(C)C)C(c1ccccc1)c1ccccc1. The quantitative estimate of drug-likeness (QED) is 0.937. The molecule has 1 amide bonds. The van der Waals surface area contributed by atoms with Gasteiger partial charge in [-0.15, -0.1) is 0 Å². The first-order chi connectivity index (χ1) is 10.8. The Morgan fingerprint density at radius 1 is 0.913 bits per heavy atom. The molecule has 3 nitrogen and oxygen atoms in total. The topological polar surface area (TPSA) is 46.3 Å². The second kappa shape index (κ2) is 6.97. The fourth-order valence-corrected chi connectivity index (χ4v) is 2.63. The molecule has 0 bridgehead atoms. The van der Waals surface area contributed by atoms with Gasteiger partial charge in [-0.3, -0.25) is 4.79 Å². The van der Waals surface area contributed by atoms with Gasteiger partial charge in [0.05, 0.1) is 12.1 Å². The average Bonchev–Trinajstić information content (AvgIpc) is 2.54. The first kappa shape index (κ1) is 17.2. The summed E-state index contributed by atoms with van der Waals surface area (Å²) < 4.78 is 0. The summed E-state index contributed by atoms with van der Waals surface area (Å²) in [5, 5.41) is 0. The molecule has 122 valence electrons. The number of amides is 1. The Bertz CT molecular complexity index is 592. The van der Waals surface area contributed by atoms with E-state index in [1.165, 1.54) is 0 Å². The molecular weight excluding hydrogens is 284 g/mol. The summed E-state index contributed by atoms with van der Waals surface area (Å²) in [5.74, 6) is -0.0461. The maximum absolute atomic E-state index is 12.9. The summed E-state index contributed by atoms with van der Waals surface area (Å²) in [6.45, 7) is 5.97. The van der Waals surface area contributed by atoms with Crippen LogP contribution >= 0.6 is 0 Å². The van der Waals surface area contributed by atoms with Gasteiger partial charge in [0.25, 0.3) is 0 Å². The molecule has 0 spiro atoms. The maximum atomic E-state index is 12.9. The molecule has 1 unspecified atom stereocenters. The zero-order chi connectivity index (χ0) is 17.0. The molecule has 0 fully saturated rings. The van der Waals surface area contributed by atoms with Crippen LogP contribution in [0, 0.1) is 5.41 Å². The normalized spacial score (nSPS) is 13.0. The minimum Gasteiger partial charge on any atom is -0.333 e. The van der Waals surface area contributed by atoms with Crippen LogP contribution in [0.3, 0.4) is 0 Å². The molecule has 0 aromatic heterocycles. The lowest BCUT2D eigenvalue weighted by Crippen LogP contribution is -2.50. The Kier molecular flexibility index (Phi) is 5.22. The monoisotopic (exact) mass is 310 g/mol. The molecule has 0 aliphatic rings. The first-order valence-corrected chi connectivity index (χ1v) is 7.94. The van der Waals surface area contributed by atoms with E-state index in [9.17, 15) is 4.79 Å². The minimum atomic E-state index is -0.539. The van der Waals surface area contributed by atoms with Crippen molar-refractivity contribution in [1.82, 2.24) is 4.90 Å². The van der Waals surface area contributed by atoms with Gasteiger partial charge in [-0.2, -0.15) is 0 Å². The molecular formula is C20H26N2O. The van der Waals surface area contributed by atoms with Crippen molar-refractivity contribution < 1.29 is 4.79 Å². The van der Waals surface area contributed by atoms with E-state index >= 15 is 0 Å². The molecule has 0 saturated carbocycles. The van der Waals surface area contributed by atoms with E-state index in [1.807, 2.05) is 88.5 Å². The number of hydrogen-bond donors (Lipinski definition) is 1. The van der Waals surface area contributed by atoms with Gasteiger partial charge in [0.15, 0.2) is 0 Å². The Morgan fingerprint density at radius 3 is 1.65 bits per heavy atom. The second-order valence-corrected chi connectivity index (χ2v) is 7.02. The third-order valence-corrected chi connectivity index (χ3v) is 4.16. The van der Waals surface area contributed by atoms with Gasteiger partial charge in [-0.25, -0.2) is 0 Å². The average molecular weight is 310 g/mol. The van der Waals surface area contributed by atoms with Gasteiger partial charge in [0.1, 0.15) is 0 Å². The predicted octanol–water partition coefficient (Wildman–Crippen LogP) is 3.61. The van der Waals surface area contributed by atoms with E-state index in [2.05, 4.69) is 0 Å². The molecule has 0 heterocycles. The van der Waals surface area contributed by atoms with Crippen LogP contribution in [0.25, 0.3) is 0 Å². The number of carbonyl (C=O) groups is 1. The van der Waals surface area contributed by atoms with Crippen LogP contribution in [0.4, 0.5) is 0 Å². The van der Waals surface area contributed by atoms with E-state index in [-0.39, 0.29) is 17.4 Å². The standard InChI is InChI=1S/C20H26N2O/c1-20(2,3)18(21)19(23)22(4)17(15-11-7-5-8-12-15)16-13-9-6-10-14-16/h5-14,17-18H,21H2,1-4H3. The molecule has 23 heavy (non-hydrogen) atoms. The van der Waals surface area contributed by atoms with Crippen LogP contribution in [0.1, 0.15) is 37.9 Å². The summed E-state index contributed by atoms with van der Waals surface area (Å²) in [7, 11) is 1.83. The lowest BCUT2D eigenvalue weighted by molar-refractivity contribution is -0.135. The Morgan fingerprint density at radius 2 is 1.30 bits per heavy atom. The first-order valence-electron chi connectivity index (χ1n) is 7.94. The third kappa shape index (κ3) is 3.99. The molecule has 2 aromatic rings. The largest absolute Gasteiger partial charge is 0.333 e. The fraction of sp³-hybridized carbons (Fsp3) is 0.350. The molecule has 2 rings (SSSR count). The highest BCUT2D eigenvalue weighted by atomic mass is 16.2. The number of nitrogens with two attached hydrogens (primary N) is 1. The van der Waals surface area contributed by atoms with Crippen molar-refractivity contribution >= 4 is 5.91 Å². The van der Waals surface area contributed by atoms with E-state index in [0.717, 1.165) is 11.1 Å². The van der Waals surface area contributed by atoms with Crippen molar-refractivity contribution in [1.29, 1.82) is 0 Å². The van der Waals surface area contributed by atoms with E-state index in [0.29, 0.717) is 0 Å². The number of rotatable bonds is 4. The van der Waals surface area contributed by atoms with Gasteiger partial charge in [0.2, 0.25) is 5.91 Å². The molecule has 0 aliphatic heterocycles. The van der Waals surface area contributed by atoms with Gasteiger partial charge in [0, 0.05) is 7.05 Å². The van der Waals surface area contributed by atoms with Crippen LogP contribution in [0.2, 0.25) is 0 Å². The van der Waals surface area contributed by atoms with Crippen molar-refractivity contribution in [2.45, 2.75) is 32.9 Å². The Balaban J connectivity index is 2.40. The second-order valence-electron chi connectivity index (χ2n) is 7.02. The van der Waals surface area contributed by atoms with Crippen molar-refractivity contribution in [3.05, 3.63) is 71.8 Å². The van der Waals surface area contributed by atoms with Crippen LogP contribution in [-0.2, 0) is 4.79 Å². The number of nitrogens with zero attached hydrogens (tertiary/aromatic N) is 1. The predicted molar refractivity (Wildman–Crippen MR) is 94.9 cm³/mol. The van der Waals surface area contributed by atoms with Crippen molar-refractivity contribution in [2.75, 3.05) is 7.05 Å². The molecule has 0 radical (unpaired) electrons. The van der Waals surface area contributed by atoms with Crippen LogP contribution < -0.4 is 5.73 Å². The molecule has 2 aromatic carbocycles. The molecule has 2 N–H and O–H groups in total. The molecule has 0 aliphatic carbocycles.